The Morgan fingerprint density at radius 1 is 1.27 bits per heavy atom. The number of aromatic nitrogens is 1. The smallest absolute Gasteiger partial charge is 0.317 e. The third kappa shape index (κ3) is 2.88. The lowest BCUT2D eigenvalue weighted by atomic mass is 10.2. The van der Waals surface area contributed by atoms with E-state index in [-0.39, 0.29) is 17.5 Å². The Hall–Kier alpha value is -2.19. The van der Waals surface area contributed by atoms with Crippen molar-refractivity contribution in [3.05, 3.63) is 36.5 Å². The summed E-state index contributed by atoms with van der Waals surface area (Å²) in [6.07, 6.45) is 1.57. The van der Waals surface area contributed by atoms with Crippen molar-refractivity contribution in [3.63, 3.8) is 0 Å². The Kier molecular flexibility index (Phi) is 3.95. The van der Waals surface area contributed by atoms with E-state index in [0.29, 0.717) is 25.2 Å². The van der Waals surface area contributed by atoms with Gasteiger partial charge in [-0.15, -0.1) is 0 Å². The van der Waals surface area contributed by atoms with Gasteiger partial charge in [0, 0.05) is 37.8 Å². The molecule has 116 valence electrons. The number of hydrogen-bond donors (Lipinski definition) is 2. The van der Waals surface area contributed by atoms with Gasteiger partial charge in [-0.2, -0.15) is 0 Å². The molecule has 2 heterocycles. The number of carbonyl (C=O) groups is 1. The van der Waals surface area contributed by atoms with Gasteiger partial charge in [0.15, 0.2) is 0 Å². The molecule has 0 spiro atoms. The van der Waals surface area contributed by atoms with Gasteiger partial charge in [0.25, 0.3) is 0 Å². The van der Waals surface area contributed by atoms with Crippen molar-refractivity contribution >= 4 is 27.0 Å². The number of nitrogens with zero attached hydrogens (tertiary/aromatic N) is 2. The molecule has 0 radical (unpaired) electrons. The predicted molar refractivity (Wildman–Crippen MR) is 81.9 cm³/mol. The number of fused-ring (bicyclic) bond motifs is 1. The van der Waals surface area contributed by atoms with E-state index >= 15 is 0 Å². The van der Waals surface area contributed by atoms with Gasteiger partial charge in [-0.25, -0.2) is 17.9 Å². The minimum atomic E-state index is -3.67. The van der Waals surface area contributed by atoms with E-state index in [2.05, 4.69) is 15.0 Å². The van der Waals surface area contributed by atoms with Gasteiger partial charge in [-0.1, -0.05) is 18.2 Å². The van der Waals surface area contributed by atoms with Crippen LogP contribution in [-0.2, 0) is 10.0 Å². The molecule has 1 fully saturated rings. The van der Waals surface area contributed by atoms with Crippen LogP contribution in [0.1, 0.15) is 0 Å². The lowest BCUT2D eigenvalue weighted by Gasteiger charge is -2.14. The van der Waals surface area contributed by atoms with Crippen LogP contribution in [0.25, 0.3) is 10.9 Å². The maximum absolute atomic E-state index is 12.4. The van der Waals surface area contributed by atoms with Gasteiger partial charge in [-0.3, -0.25) is 4.98 Å². The van der Waals surface area contributed by atoms with Crippen LogP contribution in [0.5, 0.6) is 0 Å². The fraction of sp³-hybridized carbons (Fsp3) is 0.286. The molecular weight excluding hydrogens is 304 g/mol. The number of carbonyl (C=O) groups excluding carboxylic acids is 1. The van der Waals surface area contributed by atoms with E-state index in [1.807, 2.05) is 12.1 Å². The van der Waals surface area contributed by atoms with Crippen molar-refractivity contribution in [1.29, 1.82) is 0 Å². The van der Waals surface area contributed by atoms with E-state index in [1.54, 1.807) is 23.2 Å². The molecule has 8 heteroatoms. The molecule has 1 aromatic carbocycles. The maximum atomic E-state index is 12.4. The molecule has 0 bridgehead atoms. The van der Waals surface area contributed by atoms with Crippen molar-refractivity contribution in [2.75, 3.05) is 26.2 Å². The maximum Gasteiger partial charge on any atom is 0.317 e. The van der Waals surface area contributed by atoms with E-state index in [1.165, 1.54) is 6.07 Å². The van der Waals surface area contributed by atoms with Gasteiger partial charge < -0.3 is 10.2 Å². The van der Waals surface area contributed by atoms with E-state index in [0.717, 1.165) is 5.39 Å². The number of nitrogens with one attached hydrogen (secondary N) is 2. The lowest BCUT2D eigenvalue weighted by molar-refractivity contribution is 0.218. The zero-order valence-electron chi connectivity index (χ0n) is 11.8. The van der Waals surface area contributed by atoms with Crippen LogP contribution >= 0.6 is 0 Å². The number of urea groups is 1. The molecule has 0 unspecified atom stereocenters. The Morgan fingerprint density at radius 3 is 2.86 bits per heavy atom. The minimum absolute atomic E-state index is 0.150. The van der Waals surface area contributed by atoms with E-state index in [9.17, 15) is 13.2 Å². The molecule has 2 N–H and O–H groups in total. The van der Waals surface area contributed by atoms with Crippen molar-refractivity contribution < 1.29 is 13.2 Å². The van der Waals surface area contributed by atoms with Crippen LogP contribution in [0, 0.1) is 0 Å². The number of sulfonamides is 1. The third-order valence-corrected chi connectivity index (χ3v) is 5.00. The van der Waals surface area contributed by atoms with Crippen LogP contribution in [0.3, 0.4) is 0 Å². The molecule has 2 amide bonds. The molecule has 1 aromatic heterocycles. The quantitative estimate of drug-likeness (QED) is 0.841. The molecule has 1 aliphatic rings. The number of benzene rings is 1. The molecule has 0 saturated carbocycles. The summed E-state index contributed by atoms with van der Waals surface area (Å²) in [5.74, 6) is 0. The largest absolute Gasteiger partial charge is 0.336 e. The summed E-state index contributed by atoms with van der Waals surface area (Å²) in [5, 5.41) is 3.44. The highest BCUT2D eigenvalue weighted by Gasteiger charge is 2.21. The predicted octanol–water partition coefficient (Wildman–Crippen LogP) is 0.538. The second kappa shape index (κ2) is 5.90. The minimum Gasteiger partial charge on any atom is -0.336 e. The fourth-order valence-electron chi connectivity index (χ4n) is 2.41. The van der Waals surface area contributed by atoms with Crippen molar-refractivity contribution in [2.24, 2.45) is 0 Å². The van der Waals surface area contributed by atoms with Gasteiger partial charge in [0.05, 0.1) is 5.52 Å². The number of rotatable bonds is 5. The van der Waals surface area contributed by atoms with Crippen LogP contribution in [-0.4, -0.2) is 50.5 Å². The van der Waals surface area contributed by atoms with Gasteiger partial charge in [0.1, 0.15) is 4.90 Å². The highest BCUT2D eigenvalue weighted by atomic mass is 32.2. The first kappa shape index (κ1) is 14.7. The number of pyridine rings is 1. The second-order valence-corrected chi connectivity index (χ2v) is 6.68. The SMILES string of the molecule is O=C1NCCN1CCNS(=O)(=O)c1cccc2cccnc12. The van der Waals surface area contributed by atoms with E-state index in [4.69, 9.17) is 0 Å². The van der Waals surface area contributed by atoms with Crippen LogP contribution < -0.4 is 10.0 Å². The summed E-state index contributed by atoms with van der Waals surface area (Å²) in [5.41, 5.74) is 0.441. The van der Waals surface area contributed by atoms with Crippen molar-refractivity contribution in [3.8, 4) is 0 Å². The van der Waals surface area contributed by atoms with E-state index < -0.39 is 10.0 Å². The summed E-state index contributed by atoms with van der Waals surface area (Å²) in [7, 11) is -3.67. The van der Waals surface area contributed by atoms with Crippen molar-refractivity contribution in [1.82, 2.24) is 19.9 Å². The average Bonchev–Trinajstić information content (AvgIpc) is 2.92. The normalized spacial score (nSPS) is 15.3. The van der Waals surface area contributed by atoms with Gasteiger partial charge in [-0.05, 0) is 12.1 Å². The van der Waals surface area contributed by atoms with Gasteiger partial charge in [0.2, 0.25) is 10.0 Å². The summed E-state index contributed by atoms with van der Waals surface area (Å²) in [6.45, 7) is 1.69. The molecular formula is C14H16N4O3S. The first-order chi connectivity index (χ1) is 10.6. The lowest BCUT2D eigenvalue weighted by Crippen LogP contribution is -2.36. The Labute approximate surface area is 128 Å². The number of hydrogen-bond acceptors (Lipinski definition) is 4. The fourth-order valence-corrected chi connectivity index (χ4v) is 3.61. The number of para-hydroxylation sites is 1. The summed E-state index contributed by atoms with van der Waals surface area (Å²) < 4.78 is 27.4. The molecule has 3 rings (SSSR count). The zero-order chi connectivity index (χ0) is 15.6. The Bertz CT molecular complexity index is 801. The summed E-state index contributed by atoms with van der Waals surface area (Å²) >= 11 is 0. The zero-order valence-corrected chi connectivity index (χ0v) is 12.6. The molecule has 1 aliphatic heterocycles. The van der Waals surface area contributed by atoms with Crippen LogP contribution in [0.15, 0.2) is 41.4 Å². The first-order valence-corrected chi connectivity index (χ1v) is 8.42. The Balaban J connectivity index is 1.76. The van der Waals surface area contributed by atoms with Crippen LogP contribution in [0.4, 0.5) is 4.79 Å². The first-order valence-electron chi connectivity index (χ1n) is 6.94. The monoisotopic (exact) mass is 320 g/mol. The highest BCUT2D eigenvalue weighted by Crippen LogP contribution is 2.20. The molecule has 22 heavy (non-hydrogen) atoms. The standard InChI is InChI=1S/C14H16N4O3S/c19-14-16-7-9-18(14)10-8-17-22(20,21)12-5-1-3-11-4-2-6-15-13(11)12/h1-6,17H,7-10H2,(H,16,19). The molecule has 0 atom stereocenters. The molecule has 1 saturated heterocycles. The summed E-state index contributed by atoms with van der Waals surface area (Å²) in [4.78, 5) is 17.3. The van der Waals surface area contributed by atoms with Crippen LogP contribution in [0.2, 0.25) is 0 Å². The highest BCUT2D eigenvalue weighted by molar-refractivity contribution is 7.89. The summed E-state index contributed by atoms with van der Waals surface area (Å²) in [6, 6.07) is 8.45. The van der Waals surface area contributed by atoms with Crippen molar-refractivity contribution in [2.45, 2.75) is 4.90 Å². The topological polar surface area (TPSA) is 91.4 Å². The Morgan fingerprint density at radius 2 is 2.09 bits per heavy atom. The average molecular weight is 320 g/mol. The molecule has 2 aromatic rings. The third-order valence-electron chi connectivity index (χ3n) is 3.50. The molecule has 0 aliphatic carbocycles. The molecule has 7 nitrogen and oxygen atoms in total. The number of amides is 2. The second-order valence-electron chi connectivity index (χ2n) is 4.95. The van der Waals surface area contributed by atoms with Gasteiger partial charge >= 0.3 is 6.03 Å².